The first-order valence-corrected chi connectivity index (χ1v) is 8.57. The van der Waals surface area contributed by atoms with Crippen LogP contribution in [-0.4, -0.2) is 41.4 Å². The Morgan fingerprint density at radius 3 is 3.04 bits per heavy atom. The van der Waals surface area contributed by atoms with E-state index in [4.69, 9.17) is 15.2 Å². The summed E-state index contributed by atoms with van der Waals surface area (Å²) in [5.74, 6) is 0.642. The predicted octanol–water partition coefficient (Wildman–Crippen LogP) is 1.52. The molecule has 3 rings (SSSR count). The largest absolute Gasteiger partial charge is 0.439 e. The van der Waals surface area contributed by atoms with Gasteiger partial charge in [-0.25, -0.2) is 4.98 Å². The van der Waals surface area contributed by atoms with Gasteiger partial charge in [0.05, 0.1) is 18.8 Å². The Balaban J connectivity index is 1.71. The number of ether oxygens (including phenoxy) is 2. The van der Waals surface area contributed by atoms with Crippen molar-refractivity contribution in [3.05, 3.63) is 53.2 Å². The Labute approximate surface area is 152 Å². The van der Waals surface area contributed by atoms with E-state index in [9.17, 15) is 9.90 Å². The lowest BCUT2D eigenvalue weighted by atomic mass is 10.1. The van der Waals surface area contributed by atoms with Gasteiger partial charge in [-0.2, -0.15) is 0 Å². The molecule has 4 N–H and O–H groups in total. The average molecular weight is 357 g/mol. The molecule has 0 bridgehead atoms. The molecule has 1 aromatic heterocycles. The molecule has 7 heteroatoms. The van der Waals surface area contributed by atoms with Crippen molar-refractivity contribution in [2.45, 2.75) is 32.0 Å². The van der Waals surface area contributed by atoms with E-state index in [1.165, 1.54) is 0 Å². The molecule has 1 fully saturated rings. The van der Waals surface area contributed by atoms with Crippen LogP contribution in [0.1, 0.15) is 28.0 Å². The number of benzene rings is 1. The number of rotatable bonds is 5. The summed E-state index contributed by atoms with van der Waals surface area (Å²) in [4.78, 5) is 16.8. The number of carbonyl (C=O) groups excluding carboxylic acids is 1. The maximum atomic E-state index is 12.5. The zero-order valence-electron chi connectivity index (χ0n) is 14.6. The third-order valence-electron chi connectivity index (χ3n) is 4.18. The van der Waals surface area contributed by atoms with Crippen LogP contribution in [0.15, 0.2) is 36.4 Å². The minimum absolute atomic E-state index is 0.287. The zero-order chi connectivity index (χ0) is 18.5. The fourth-order valence-corrected chi connectivity index (χ4v) is 2.81. The molecule has 2 atom stereocenters. The van der Waals surface area contributed by atoms with Crippen LogP contribution >= 0.6 is 0 Å². The SMILES string of the molecule is Cc1cc(CN)cc(Oc2cccc(C(=O)N[C@H]3COCC[C@@H]3O)c2)n1. The summed E-state index contributed by atoms with van der Waals surface area (Å²) in [5.41, 5.74) is 7.85. The number of hydrogen-bond acceptors (Lipinski definition) is 6. The minimum atomic E-state index is -0.599. The number of aryl methyl sites for hydroxylation is 1. The maximum absolute atomic E-state index is 12.5. The van der Waals surface area contributed by atoms with Crippen molar-refractivity contribution >= 4 is 5.91 Å². The molecule has 1 aliphatic rings. The smallest absolute Gasteiger partial charge is 0.251 e. The maximum Gasteiger partial charge on any atom is 0.251 e. The van der Waals surface area contributed by atoms with Crippen LogP contribution in [0.5, 0.6) is 11.6 Å². The number of amides is 1. The summed E-state index contributed by atoms with van der Waals surface area (Å²) in [6.07, 6.45) is -0.0883. The molecule has 7 nitrogen and oxygen atoms in total. The van der Waals surface area contributed by atoms with E-state index in [0.717, 1.165) is 11.3 Å². The van der Waals surface area contributed by atoms with Gasteiger partial charge in [-0.3, -0.25) is 4.79 Å². The van der Waals surface area contributed by atoms with Crippen molar-refractivity contribution in [3.63, 3.8) is 0 Å². The van der Waals surface area contributed by atoms with Crippen LogP contribution in [-0.2, 0) is 11.3 Å². The van der Waals surface area contributed by atoms with Gasteiger partial charge in [-0.05, 0) is 43.2 Å². The van der Waals surface area contributed by atoms with Gasteiger partial charge in [0.25, 0.3) is 5.91 Å². The molecule has 138 valence electrons. The molecule has 0 unspecified atom stereocenters. The van der Waals surface area contributed by atoms with Crippen molar-refractivity contribution in [1.29, 1.82) is 0 Å². The number of hydrogen-bond donors (Lipinski definition) is 3. The Bertz CT molecular complexity index is 781. The molecule has 1 aromatic carbocycles. The number of aliphatic hydroxyl groups is 1. The number of aromatic nitrogens is 1. The number of nitrogens with two attached hydrogens (primary N) is 1. The molecule has 26 heavy (non-hydrogen) atoms. The van der Waals surface area contributed by atoms with E-state index in [0.29, 0.717) is 43.4 Å². The van der Waals surface area contributed by atoms with Gasteiger partial charge in [0.1, 0.15) is 5.75 Å². The van der Waals surface area contributed by atoms with Crippen molar-refractivity contribution in [2.24, 2.45) is 5.73 Å². The molecule has 2 heterocycles. The van der Waals surface area contributed by atoms with E-state index in [-0.39, 0.29) is 5.91 Å². The topological polar surface area (TPSA) is 107 Å². The van der Waals surface area contributed by atoms with E-state index < -0.39 is 12.1 Å². The monoisotopic (exact) mass is 357 g/mol. The summed E-state index contributed by atoms with van der Waals surface area (Å²) in [7, 11) is 0. The van der Waals surface area contributed by atoms with Crippen LogP contribution in [0.2, 0.25) is 0 Å². The van der Waals surface area contributed by atoms with Crippen LogP contribution in [0.3, 0.4) is 0 Å². The molecule has 2 aromatic rings. The van der Waals surface area contributed by atoms with Crippen molar-refractivity contribution < 1.29 is 19.4 Å². The highest BCUT2D eigenvalue weighted by molar-refractivity contribution is 5.94. The third-order valence-corrected chi connectivity index (χ3v) is 4.18. The molecule has 0 aliphatic carbocycles. The molecule has 1 saturated heterocycles. The van der Waals surface area contributed by atoms with Gasteiger partial charge < -0.3 is 25.6 Å². The molecular weight excluding hydrogens is 334 g/mol. The van der Waals surface area contributed by atoms with Crippen molar-refractivity contribution in [1.82, 2.24) is 10.3 Å². The first-order valence-electron chi connectivity index (χ1n) is 8.57. The molecule has 0 saturated carbocycles. The standard InChI is InChI=1S/C19H23N3O4/c1-12-7-13(10-20)8-18(21-12)26-15-4-2-3-14(9-15)19(24)22-16-11-25-6-5-17(16)23/h2-4,7-9,16-17,23H,5-6,10-11,20H2,1H3,(H,22,24)/t16-,17-/m0/s1. The van der Waals surface area contributed by atoms with Crippen LogP contribution < -0.4 is 15.8 Å². The minimum Gasteiger partial charge on any atom is -0.439 e. The van der Waals surface area contributed by atoms with E-state index >= 15 is 0 Å². The van der Waals surface area contributed by atoms with Gasteiger partial charge >= 0.3 is 0 Å². The normalized spacial score (nSPS) is 19.8. The Kier molecular flexibility index (Phi) is 5.82. The fraction of sp³-hybridized carbons (Fsp3) is 0.368. The van der Waals surface area contributed by atoms with Gasteiger partial charge in [-0.15, -0.1) is 0 Å². The lowest BCUT2D eigenvalue weighted by molar-refractivity contribution is -0.0140. The summed E-state index contributed by atoms with van der Waals surface area (Å²) in [6.45, 7) is 3.07. The van der Waals surface area contributed by atoms with E-state index in [2.05, 4.69) is 10.3 Å². The zero-order valence-corrected chi connectivity index (χ0v) is 14.6. The first-order chi connectivity index (χ1) is 12.5. The summed E-state index contributed by atoms with van der Waals surface area (Å²) in [6, 6.07) is 10.1. The second-order valence-electron chi connectivity index (χ2n) is 6.30. The lowest BCUT2D eigenvalue weighted by Crippen LogP contribution is -2.49. The Hall–Kier alpha value is -2.48. The quantitative estimate of drug-likeness (QED) is 0.749. The second-order valence-corrected chi connectivity index (χ2v) is 6.30. The molecule has 0 spiro atoms. The Morgan fingerprint density at radius 2 is 2.27 bits per heavy atom. The van der Waals surface area contributed by atoms with Gasteiger partial charge in [-0.1, -0.05) is 6.07 Å². The number of aliphatic hydroxyl groups excluding tert-OH is 1. The molecular formula is C19H23N3O4. The predicted molar refractivity (Wildman–Crippen MR) is 96.1 cm³/mol. The second kappa shape index (κ2) is 8.27. The molecule has 0 radical (unpaired) electrons. The van der Waals surface area contributed by atoms with Gasteiger partial charge in [0.15, 0.2) is 0 Å². The Morgan fingerprint density at radius 1 is 1.42 bits per heavy atom. The van der Waals surface area contributed by atoms with Crippen molar-refractivity contribution in [2.75, 3.05) is 13.2 Å². The highest BCUT2D eigenvalue weighted by Crippen LogP contribution is 2.22. The number of pyridine rings is 1. The third kappa shape index (κ3) is 4.57. The summed E-state index contributed by atoms with van der Waals surface area (Å²) < 4.78 is 11.1. The van der Waals surface area contributed by atoms with Crippen LogP contribution in [0.25, 0.3) is 0 Å². The fourth-order valence-electron chi connectivity index (χ4n) is 2.81. The van der Waals surface area contributed by atoms with Gasteiger partial charge in [0.2, 0.25) is 5.88 Å². The number of carbonyl (C=O) groups is 1. The van der Waals surface area contributed by atoms with E-state index in [1.54, 1.807) is 30.3 Å². The summed E-state index contributed by atoms with van der Waals surface area (Å²) in [5, 5.41) is 12.8. The number of nitrogens with one attached hydrogen (secondary N) is 1. The lowest BCUT2D eigenvalue weighted by Gasteiger charge is -2.28. The molecule has 1 aliphatic heterocycles. The van der Waals surface area contributed by atoms with Crippen LogP contribution in [0, 0.1) is 6.92 Å². The number of nitrogens with zero attached hydrogens (tertiary/aromatic N) is 1. The first kappa shape index (κ1) is 18.3. The average Bonchev–Trinajstić information content (AvgIpc) is 2.63. The van der Waals surface area contributed by atoms with E-state index in [1.807, 2.05) is 13.0 Å². The van der Waals surface area contributed by atoms with Crippen LogP contribution in [0.4, 0.5) is 0 Å². The van der Waals surface area contributed by atoms with Gasteiger partial charge in [0, 0.05) is 30.5 Å². The highest BCUT2D eigenvalue weighted by Gasteiger charge is 2.25. The highest BCUT2D eigenvalue weighted by atomic mass is 16.5. The summed E-state index contributed by atoms with van der Waals surface area (Å²) >= 11 is 0. The van der Waals surface area contributed by atoms with Crippen molar-refractivity contribution in [3.8, 4) is 11.6 Å². The molecule has 1 amide bonds.